The van der Waals surface area contributed by atoms with Crippen molar-refractivity contribution in [2.45, 2.75) is 31.5 Å². The molecule has 0 amide bonds. The van der Waals surface area contributed by atoms with Gasteiger partial charge in [-0.2, -0.15) is 18.2 Å². The number of fused-ring (bicyclic) bond motifs is 1. The van der Waals surface area contributed by atoms with Crippen molar-refractivity contribution in [3.05, 3.63) is 57.8 Å². The van der Waals surface area contributed by atoms with Gasteiger partial charge in [-0.25, -0.2) is 4.98 Å². The van der Waals surface area contributed by atoms with E-state index in [1.165, 1.54) is 30.1 Å². The summed E-state index contributed by atoms with van der Waals surface area (Å²) in [7, 11) is 1.40. The minimum absolute atomic E-state index is 0.00382. The second-order valence-electron chi connectivity index (χ2n) is 7.13. The van der Waals surface area contributed by atoms with Crippen LogP contribution in [0.4, 0.5) is 13.2 Å². The SMILES string of the molecule is COc1cnc2cc(C3CCNCC3)c(=O)n(Cc3ncccc3C(F)(F)F)c2n1. The van der Waals surface area contributed by atoms with E-state index in [4.69, 9.17) is 4.74 Å². The number of hydrogen-bond acceptors (Lipinski definition) is 6. The number of hydrogen-bond donors (Lipinski definition) is 1. The van der Waals surface area contributed by atoms with E-state index < -0.39 is 11.7 Å². The van der Waals surface area contributed by atoms with Crippen molar-refractivity contribution >= 4 is 11.2 Å². The van der Waals surface area contributed by atoms with Gasteiger partial charge >= 0.3 is 6.18 Å². The minimum atomic E-state index is -4.58. The van der Waals surface area contributed by atoms with Gasteiger partial charge in [0.05, 0.1) is 31.1 Å². The summed E-state index contributed by atoms with van der Waals surface area (Å²) in [5, 5.41) is 3.25. The van der Waals surface area contributed by atoms with Gasteiger partial charge in [0.1, 0.15) is 5.52 Å². The number of pyridine rings is 2. The molecule has 3 aromatic heterocycles. The molecule has 0 atom stereocenters. The third-order valence-corrected chi connectivity index (χ3v) is 5.29. The molecule has 1 fully saturated rings. The molecule has 0 radical (unpaired) electrons. The van der Waals surface area contributed by atoms with Crippen molar-refractivity contribution in [3.63, 3.8) is 0 Å². The fourth-order valence-corrected chi connectivity index (χ4v) is 3.78. The van der Waals surface area contributed by atoms with E-state index in [0.29, 0.717) is 11.1 Å². The highest BCUT2D eigenvalue weighted by Gasteiger charge is 2.34. The van der Waals surface area contributed by atoms with Gasteiger partial charge in [-0.3, -0.25) is 14.3 Å². The lowest BCUT2D eigenvalue weighted by Gasteiger charge is -2.23. The molecule has 0 aliphatic carbocycles. The van der Waals surface area contributed by atoms with E-state index in [2.05, 4.69) is 20.3 Å². The van der Waals surface area contributed by atoms with Crippen molar-refractivity contribution in [2.75, 3.05) is 20.2 Å². The van der Waals surface area contributed by atoms with Gasteiger partial charge in [0, 0.05) is 11.8 Å². The Bertz CT molecular complexity index is 1120. The van der Waals surface area contributed by atoms with Gasteiger partial charge in [0.2, 0.25) is 5.88 Å². The summed E-state index contributed by atoms with van der Waals surface area (Å²) in [4.78, 5) is 25.9. The maximum atomic E-state index is 13.5. The summed E-state index contributed by atoms with van der Waals surface area (Å²) in [6.45, 7) is 1.18. The minimum Gasteiger partial charge on any atom is -0.480 e. The lowest BCUT2D eigenvalue weighted by molar-refractivity contribution is -0.138. The van der Waals surface area contributed by atoms with Gasteiger partial charge < -0.3 is 10.1 Å². The van der Waals surface area contributed by atoms with E-state index in [0.717, 1.165) is 32.0 Å². The maximum absolute atomic E-state index is 13.5. The molecule has 1 N–H and O–H groups in total. The standard InChI is InChI=1S/C20H20F3N5O2/c1-30-17-10-26-15-9-13(12-4-7-24-8-5-12)19(29)28(18(15)27-17)11-16-14(20(21,22)23)3-2-6-25-16/h2-3,6,9-10,12,24H,4-5,7-8,11H2,1H3. The van der Waals surface area contributed by atoms with Crippen LogP contribution in [-0.4, -0.2) is 39.7 Å². The highest BCUT2D eigenvalue weighted by molar-refractivity contribution is 5.71. The van der Waals surface area contributed by atoms with Crippen LogP contribution in [0.5, 0.6) is 5.88 Å². The van der Waals surface area contributed by atoms with E-state index in [-0.39, 0.29) is 35.2 Å². The van der Waals surface area contributed by atoms with Gasteiger partial charge in [-0.15, -0.1) is 0 Å². The topological polar surface area (TPSA) is 81.9 Å². The van der Waals surface area contributed by atoms with Crippen LogP contribution in [0, 0.1) is 0 Å². The lowest BCUT2D eigenvalue weighted by Crippen LogP contribution is -2.33. The van der Waals surface area contributed by atoms with Crippen LogP contribution < -0.4 is 15.6 Å². The molecule has 0 saturated carbocycles. The van der Waals surface area contributed by atoms with Gasteiger partial charge in [-0.05, 0) is 50.0 Å². The molecule has 4 rings (SSSR count). The summed E-state index contributed by atoms with van der Waals surface area (Å²) < 4.78 is 46.7. The molecular formula is C20H20F3N5O2. The van der Waals surface area contributed by atoms with Gasteiger partial charge in [0.15, 0.2) is 5.65 Å². The third-order valence-electron chi connectivity index (χ3n) is 5.29. The fourth-order valence-electron chi connectivity index (χ4n) is 3.78. The van der Waals surface area contributed by atoms with Crippen molar-refractivity contribution in [1.29, 1.82) is 0 Å². The van der Waals surface area contributed by atoms with Crippen LogP contribution >= 0.6 is 0 Å². The molecule has 30 heavy (non-hydrogen) atoms. The van der Waals surface area contributed by atoms with Crippen LogP contribution in [0.3, 0.4) is 0 Å². The van der Waals surface area contributed by atoms with E-state index in [1.54, 1.807) is 6.07 Å². The predicted molar refractivity (Wildman–Crippen MR) is 104 cm³/mol. The molecule has 10 heteroatoms. The zero-order valence-corrected chi connectivity index (χ0v) is 16.2. The van der Waals surface area contributed by atoms with Crippen LogP contribution in [0.1, 0.15) is 35.6 Å². The zero-order valence-electron chi connectivity index (χ0n) is 16.2. The molecule has 0 aromatic carbocycles. The number of rotatable bonds is 4. The highest BCUT2D eigenvalue weighted by Crippen LogP contribution is 2.32. The normalized spacial score (nSPS) is 15.5. The molecule has 1 aliphatic heterocycles. The molecule has 158 valence electrons. The highest BCUT2D eigenvalue weighted by atomic mass is 19.4. The van der Waals surface area contributed by atoms with Crippen LogP contribution in [0.15, 0.2) is 35.4 Å². The number of halogens is 3. The Morgan fingerprint density at radius 3 is 2.73 bits per heavy atom. The number of piperidine rings is 1. The monoisotopic (exact) mass is 419 g/mol. The first-order valence-electron chi connectivity index (χ1n) is 9.54. The fraction of sp³-hybridized carbons (Fsp3) is 0.400. The molecule has 0 unspecified atom stereocenters. The van der Waals surface area contributed by atoms with Crippen molar-refractivity contribution in [3.8, 4) is 5.88 Å². The Labute approximate surface area is 169 Å². The average Bonchev–Trinajstić information content (AvgIpc) is 2.75. The first-order valence-corrected chi connectivity index (χ1v) is 9.54. The molecule has 1 saturated heterocycles. The number of nitrogens with one attached hydrogen (secondary N) is 1. The largest absolute Gasteiger partial charge is 0.480 e. The molecule has 3 aromatic rings. The summed E-state index contributed by atoms with van der Waals surface area (Å²) in [6.07, 6.45) is -0.353. The first-order chi connectivity index (χ1) is 14.4. The van der Waals surface area contributed by atoms with E-state index in [9.17, 15) is 18.0 Å². The third kappa shape index (κ3) is 3.87. The average molecular weight is 419 g/mol. The molecule has 0 spiro atoms. The molecule has 7 nitrogen and oxygen atoms in total. The Morgan fingerprint density at radius 1 is 1.27 bits per heavy atom. The van der Waals surface area contributed by atoms with E-state index in [1.807, 2.05) is 0 Å². The molecule has 1 aliphatic rings. The Morgan fingerprint density at radius 2 is 2.03 bits per heavy atom. The van der Waals surface area contributed by atoms with Gasteiger partial charge in [-0.1, -0.05) is 0 Å². The second kappa shape index (κ2) is 8.02. The summed E-state index contributed by atoms with van der Waals surface area (Å²) in [5.74, 6) is 0.173. The number of alkyl halides is 3. The number of aromatic nitrogens is 4. The second-order valence-corrected chi connectivity index (χ2v) is 7.13. The smallest absolute Gasteiger partial charge is 0.418 e. The van der Waals surface area contributed by atoms with Crippen LogP contribution in [0.2, 0.25) is 0 Å². The number of nitrogens with zero attached hydrogens (tertiary/aromatic N) is 4. The number of methoxy groups -OCH3 is 1. The first kappa shape index (κ1) is 20.3. The molecule has 0 bridgehead atoms. The van der Waals surface area contributed by atoms with Crippen molar-refractivity contribution in [1.82, 2.24) is 24.8 Å². The van der Waals surface area contributed by atoms with E-state index >= 15 is 0 Å². The zero-order chi connectivity index (χ0) is 21.3. The Hall–Kier alpha value is -3.01. The lowest BCUT2D eigenvalue weighted by atomic mass is 9.91. The quantitative estimate of drug-likeness (QED) is 0.700. The summed E-state index contributed by atoms with van der Waals surface area (Å²) in [6, 6.07) is 3.87. The predicted octanol–water partition coefficient (Wildman–Crippen LogP) is 2.73. The van der Waals surface area contributed by atoms with Crippen molar-refractivity contribution in [2.24, 2.45) is 0 Å². The van der Waals surface area contributed by atoms with Crippen molar-refractivity contribution < 1.29 is 17.9 Å². The molecule has 4 heterocycles. The summed E-state index contributed by atoms with van der Waals surface area (Å²) >= 11 is 0. The van der Waals surface area contributed by atoms with Crippen LogP contribution in [0.25, 0.3) is 11.2 Å². The number of ether oxygens (including phenoxy) is 1. The maximum Gasteiger partial charge on any atom is 0.418 e. The Balaban J connectivity index is 1.91. The Kier molecular flexibility index (Phi) is 5.42. The molecular weight excluding hydrogens is 399 g/mol. The van der Waals surface area contributed by atoms with Gasteiger partial charge in [0.25, 0.3) is 5.56 Å². The summed E-state index contributed by atoms with van der Waals surface area (Å²) in [5.41, 5.74) is -0.387. The van der Waals surface area contributed by atoms with Crippen LogP contribution in [-0.2, 0) is 12.7 Å².